The van der Waals surface area contributed by atoms with Crippen molar-refractivity contribution in [3.05, 3.63) is 28.7 Å². The van der Waals surface area contributed by atoms with Gasteiger partial charge in [-0.2, -0.15) is 0 Å². The second-order valence-corrected chi connectivity index (χ2v) is 5.15. The maximum Gasteiger partial charge on any atom is 0.137 e. The maximum absolute atomic E-state index is 11.6. The Morgan fingerprint density at radius 3 is 2.35 bits per heavy atom. The molecule has 0 fully saturated rings. The van der Waals surface area contributed by atoms with Crippen LogP contribution in [-0.2, 0) is 4.79 Å². The molecule has 1 unspecified atom stereocenters. The van der Waals surface area contributed by atoms with Crippen molar-refractivity contribution in [3.8, 4) is 0 Å². The van der Waals surface area contributed by atoms with Gasteiger partial charge in [0, 0.05) is 35.6 Å². The molecule has 94 valence electrons. The van der Waals surface area contributed by atoms with Crippen LogP contribution in [0.25, 0.3) is 0 Å². The summed E-state index contributed by atoms with van der Waals surface area (Å²) in [7, 11) is 0. The molecule has 0 radical (unpaired) electrons. The van der Waals surface area contributed by atoms with Crippen LogP contribution < -0.4 is 4.90 Å². The van der Waals surface area contributed by atoms with E-state index in [-0.39, 0.29) is 5.92 Å². The van der Waals surface area contributed by atoms with Crippen LogP contribution in [0.3, 0.4) is 0 Å². The summed E-state index contributed by atoms with van der Waals surface area (Å²) in [6.07, 6.45) is 0.624. The number of halogens is 1. The molecular formula is C14H20BrNO. The van der Waals surface area contributed by atoms with Crippen molar-refractivity contribution in [3.63, 3.8) is 0 Å². The zero-order chi connectivity index (χ0) is 12.8. The first-order valence-electron chi connectivity index (χ1n) is 6.11. The molecule has 2 nitrogen and oxygen atoms in total. The van der Waals surface area contributed by atoms with Gasteiger partial charge in [0.05, 0.1) is 0 Å². The number of hydrogen-bond donors (Lipinski definition) is 0. The van der Waals surface area contributed by atoms with E-state index in [9.17, 15) is 4.79 Å². The molecule has 0 aliphatic heterocycles. The van der Waals surface area contributed by atoms with Crippen molar-refractivity contribution >= 4 is 27.4 Å². The molecule has 0 heterocycles. The average Bonchev–Trinajstić information content (AvgIpc) is 2.35. The van der Waals surface area contributed by atoms with Crippen molar-refractivity contribution in [1.82, 2.24) is 0 Å². The number of Topliss-reactive ketones (excluding diaryl/α,β-unsaturated/α-hetero) is 1. The smallest absolute Gasteiger partial charge is 0.137 e. The number of nitrogens with zero attached hydrogens (tertiary/aromatic N) is 1. The molecule has 0 N–H and O–H groups in total. The fourth-order valence-corrected chi connectivity index (χ4v) is 2.11. The van der Waals surface area contributed by atoms with Crippen LogP contribution in [0.2, 0.25) is 0 Å². The maximum atomic E-state index is 11.6. The minimum Gasteiger partial charge on any atom is -0.371 e. The second kappa shape index (κ2) is 6.80. The van der Waals surface area contributed by atoms with Crippen molar-refractivity contribution in [2.24, 2.45) is 5.92 Å². The van der Waals surface area contributed by atoms with Crippen LogP contribution >= 0.6 is 15.9 Å². The first-order valence-corrected chi connectivity index (χ1v) is 6.91. The van der Waals surface area contributed by atoms with Crippen molar-refractivity contribution in [2.75, 3.05) is 18.0 Å². The fourth-order valence-electron chi connectivity index (χ4n) is 1.85. The topological polar surface area (TPSA) is 20.3 Å². The molecule has 1 aromatic carbocycles. The van der Waals surface area contributed by atoms with Gasteiger partial charge in [0.1, 0.15) is 5.78 Å². The highest BCUT2D eigenvalue weighted by Crippen LogP contribution is 2.19. The van der Waals surface area contributed by atoms with E-state index in [2.05, 4.69) is 39.9 Å². The van der Waals surface area contributed by atoms with Crippen molar-refractivity contribution in [2.45, 2.75) is 27.2 Å². The molecule has 3 heteroatoms. The Morgan fingerprint density at radius 2 is 1.88 bits per heavy atom. The average molecular weight is 298 g/mol. The Morgan fingerprint density at radius 1 is 1.29 bits per heavy atom. The number of carbonyl (C=O) groups is 1. The molecule has 0 saturated heterocycles. The monoisotopic (exact) mass is 297 g/mol. The van der Waals surface area contributed by atoms with Gasteiger partial charge in [-0.25, -0.2) is 0 Å². The van der Waals surface area contributed by atoms with Crippen LogP contribution in [0.1, 0.15) is 27.2 Å². The van der Waals surface area contributed by atoms with E-state index in [0.717, 1.165) is 17.6 Å². The Bertz CT molecular complexity index is 361. The first kappa shape index (κ1) is 14.2. The van der Waals surface area contributed by atoms with Gasteiger partial charge in [-0.3, -0.25) is 4.79 Å². The van der Waals surface area contributed by atoms with Crippen molar-refractivity contribution in [1.29, 1.82) is 0 Å². The minimum absolute atomic E-state index is 0.101. The first-order chi connectivity index (χ1) is 8.08. The fraction of sp³-hybridized carbons (Fsp3) is 0.500. The summed E-state index contributed by atoms with van der Waals surface area (Å²) in [6, 6.07) is 8.22. The molecule has 0 aliphatic rings. The number of rotatable bonds is 6. The molecule has 1 aromatic rings. The zero-order valence-corrected chi connectivity index (χ0v) is 12.3. The van der Waals surface area contributed by atoms with E-state index in [1.54, 1.807) is 0 Å². The molecule has 1 rings (SSSR count). The Hall–Kier alpha value is -0.830. The predicted octanol–water partition coefficient (Wildman–Crippen LogP) is 3.89. The predicted molar refractivity (Wildman–Crippen MR) is 76.5 cm³/mol. The minimum atomic E-state index is 0.101. The van der Waals surface area contributed by atoms with Gasteiger partial charge in [0.2, 0.25) is 0 Å². The van der Waals surface area contributed by atoms with Gasteiger partial charge < -0.3 is 4.90 Å². The highest BCUT2D eigenvalue weighted by molar-refractivity contribution is 9.10. The molecule has 0 amide bonds. The standard InChI is InChI=1S/C14H20BrNO/c1-4-14(17)11(3)10-16(5-2)13-8-6-12(15)7-9-13/h6-9,11H,4-5,10H2,1-3H3. The third-order valence-corrected chi connectivity index (χ3v) is 3.49. The number of hydrogen-bond acceptors (Lipinski definition) is 2. The van der Waals surface area contributed by atoms with Crippen LogP contribution in [0.5, 0.6) is 0 Å². The van der Waals surface area contributed by atoms with E-state index < -0.39 is 0 Å². The van der Waals surface area contributed by atoms with Gasteiger partial charge in [-0.1, -0.05) is 29.8 Å². The third-order valence-electron chi connectivity index (χ3n) is 2.97. The molecule has 0 saturated carbocycles. The lowest BCUT2D eigenvalue weighted by molar-refractivity contribution is -0.121. The zero-order valence-electron chi connectivity index (χ0n) is 10.7. The Labute approximate surface area is 112 Å². The SMILES string of the molecule is CCC(=O)C(C)CN(CC)c1ccc(Br)cc1. The van der Waals surface area contributed by atoms with Crippen LogP contribution in [0.4, 0.5) is 5.69 Å². The van der Waals surface area contributed by atoms with Gasteiger partial charge in [-0.15, -0.1) is 0 Å². The molecule has 17 heavy (non-hydrogen) atoms. The summed E-state index contributed by atoms with van der Waals surface area (Å²) in [5.41, 5.74) is 1.17. The molecule has 0 aliphatic carbocycles. The lowest BCUT2D eigenvalue weighted by Gasteiger charge is -2.26. The number of ketones is 1. The number of anilines is 1. The van der Waals surface area contributed by atoms with E-state index in [0.29, 0.717) is 12.2 Å². The highest BCUT2D eigenvalue weighted by Gasteiger charge is 2.14. The Kier molecular flexibility index (Phi) is 5.69. The largest absolute Gasteiger partial charge is 0.371 e. The summed E-state index contributed by atoms with van der Waals surface area (Å²) in [5.74, 6) is 0.434. The summed E-state index contributed by atoms with van der Waals surface area (Å²) in [4.78, 5) is 13.9. The second-order valence-electron chi connectivity index (χ2n) is 4.24. The summed E-state index contributed by atoms with van der Waals surface area (Å²) >= 11 is 3.43. The highest BCUT2D eigenvalue weighted by atomic mass is 79.9. The van der Waals surface area contributed by atoms with E-state index in [1.165, 1.54) is 5.69 Å². The van der Waals surface area contributed by atoms with Gasteiger partial charge in [0.15, 0.2) is 0 Å². The molecule has 0 bridgehead atoms. The van der Waals surface area contributed by atoms with Gasteiger partial charge in [-0.05, 0) is 31.2 Å². The van der Waals surface area contributed by atoms with E-state index in [1.807, 2.05) is 26.0 Å². The van der Waals surface area contributed by atoms with Gasteiger partial charge >= 0.3 is 0 Å². The van der Waals surface area contributed by atoms with Crippen LogP contribution in [-0.4, -0.2) is 18.9 Å². The molecule has 1 atom stereocenters. The number of carbonyl (C=O) groups excluding carboxylic acids is 1. The van der Waals surface area contributed by atoms with Crippen molar-refractivity contribution < 1.29 is 4.79 Å². The van der Waals surface area contributed by atoms with E-state index in [4.69, 9.17) is 0 Å². The molecule has 0 aromatic heterocycles. The molecule has 0 spiro atoms. The summed E-state index contributed by atoms with van der Waals surface area (Å²) in [6.45, 7) is 7.76. The van der Waals surface area contributed by atoms with Crippen LogP contribution in [0.15, 0.2) is 28.7 Å². The lowest BCUT2D eigenvalue weighted by atomic mass is 10.0. The lowest BCUT2D eigenvalue weighted by Crippen LogP contribution is -2.31. The van der Waals surface area contributed by atoms with Gasteiger partial charge in [0.25, 0.3) is 0 Å². The normalized spacial score (nSPS) is 12.2. The Balaban J connectivity index is 2.71. The summed E-state index contributed by atoms with van der Waals surface area (Å²) in [5, 5.41) is 0. The summed E-state index contributed by atoms with van der Waals surface area (Å²) < 4.78 is 1.08. The quantitative estimate of drug-likeness (QED) is 0.794. The van der Waals surface area contributed by atoms with Crippen LogP contribution in [0, 0.1) is 5.92 Å². The number of benzene rings is 1. The molecular weight excluding hydrogens is 278 g/mol. The van der Waals surface area contributed by atoms with E-state index >= 15 is 0 Å². The third kappa shape index (κ3) is 4.15.